The second-order valence-electron chi connectivity index (χ2n) is 7.53. The lowest BCUT2D eigenvalue weighted by Gasteiger charge is -2.24. The number of rotatable bonds is 6. The number of ether oxygens (including phenoxy) is 1. The third kappa shape index (κ3) is 5.93. The SMILES string of the molecule is Cc1nn(-c2ccccc2)c(Cl)c1CN(C(=O)Nc1ccccc1)c1cccc(OC(F)(F)F)c1. The molecule has 0 aliphatic heterocycles. The number of halogens is 4. The van der Waals surface area contributed by atoms with Gasteiger partial charge in [-0.05, 0) is 43.3 Å². The maximum Gasteiger partial charge on any atom is 0.573 e. The van der Waals surface area contributed by atoms with Crippen LogP contribution in [0, 0.1) is 6.92 Å². The van der Waals surface area contributed by atoms with Gasteiger partial charge in [-0.15, -0.1) is 13.2 Å². The molecule has 180 valence electrons. The molecule has 4 rings (SSSR count). The van der Waals surface area contributed by atoms with E-state index in [1.807, 2.05) is 30.3 Å². The third-order valence-corrected chi connectivity index (χ3v) is 5.46. The number of para-hydroxylation sites is 2. The molecule has 4 aromatic rings. The molecule has 0 spiro atoms. The number of alkyl halides is 3. The van der Waals surface area contributed by atoms with Gasteiger partial charge in [0.25, 0.3) is 0 Å². The van der Waals surface area contributed by atoms with Crippen molar-refractivity contribution in [2.75, 3.05) is 10.2 Å². The Kier molecular flexibility index (Phi) is 6.97. The van der Waals surface area contributed by atoms with Gasteiger partial charge < -0.3 is 10.1 Å². The highest BCUT2D eigenvalue weighted by Gasteiger charge is 2.31. The number of nitrogens with zero attached hydrogens (tertiary/aromatic N) is 3. The lowest BCUT2D eigenvalue weighted by molar-refractivity contribution is -0.274. The van der Waals surface area contributed by atoms with Crippen LogP contribution in [0.3, 0.4) is 0 Å². The Morgan fingerprint density at radius 3 is 2.34 bits per heavy atom. The summed E-state index contributed by atoms with van der Waals surface area (Å²) in [7, 11) is 0. The number of aromatic nitrogens is 2. The number of amides is 2. The van der Waals surface area contributed by atoms with Gasteiger partial charge in [0.15, 0.2) is 0 Å². The van der Waals surface area contributed by atoms with E-state index in [0.29, 0.717) is 16.9 Å². The van der Waals surface area contributed by atoms with Crippen LogP contribution >= 0.6 is 11.6 Å². The fourth-order valence-corrected chi connectivity index (χ4v) is 3.78. The van der Waals surface area contributed by atoms with Crippen molar-refractivity contribution >= 4 is 29.0 Å². The molecule has 0 atom stereocenters. The maximum atomic E-state index is 13.3. The van der Waals surface area contributed by atoms with Gasteiger partial charge in [-0.25, -0.2) is 9.48 Å². The van der Waals surface area contributed by atoms with Crippen molar-refractivity contribution in [1.29, 1.82) is 0 Å². The average molecular weight is 501 g/mol. The highest BCUT2D eigenvalue weighted by molar-refractivity contribution is 6.30. The van der Waals surface area contributed by atoms with Crippen LogP contribution in [0.2, 0.25) is 5.15 Å². The van der Waals surface area contributed by atoms with Crippen LogP contribution in [-0.4, -0.2) is 22.2 Å². The summed E-state index contributed by atoms with van der Waals surface area (Å²) in [6.07, 6.45) is -4.87. The van der Waals surface area contributed by atoms with Crippen LogP contribution in [0.25, 0.3) is 5.69 Å². The summed E-state index contributed by atoms with van der Waals surface area (Å²) in [5, 5.41) is 7.53. The summed E-state index contributed by atoms with van der Waals surface area (Å²) in [6.45, 7) is 1.70. The summed E-state index contributed by atoms with van der Waals surface area (Å²) < 4.78 is 44.0. The van der Waals surface area contributed by atoms with Crippen molar-refractivity contribution in [2.45, 2.75) is 19.8 Å². The first kappa shape index (κ1) is 24.2. The predicted octanol–water partition coefficient (Wildman–Crippen LogP) is 6.97. The molecule has 0 radical (unpaired) electrons. The lowest BCUT2D eigenvalue weighted by Crippen LogP contribution is -2.34. The molecule has 1 N–H and O–H groups in total. The van der Waals surface area contributed by atoms with E-state index in [0.717, 1.165) is 17.8 Å². The second-order valence-corrected chi connectivity index (χ2v) is 7.89. The highest BCUT2D eigenvalue weighted by atomic mass is 35.5. The van der Waals surface area contributed by atoms with E-state index >= 15 is 0 Å². The van der Waals surface area contributed by atoms with Crippen LogP contribution in [0.4, 0.5) is 29.3 Å². The van der Waals surface area contributed by atoms with Gasteiger partial charge in [0.1, 0.15) is 10.9 Å². The Bertz CT molecular complexity index is 1310. The monoisotopic (exact) mass is 500 g/mol. The van der Waals surface area contributed by atoms with Crippen molar-refractivity contribution in [2.24, 2.45) is 0 Å². The van der Waals surface area contributed by atoms with E-state index in [1.54, 1.807) is 41.9 Å². The molecule has 0 bridgehead atoms. The number of hydrogen-bond donors (Lipinski definition) is 1. The number of hydrogen-bond acceptors (Lipinski definition) is 3. The highest BCUT2D eigenvalue weighted by Crippen LogP contribution is 2.31. The molecule has 0 aliphatic rings. The van der Waals surface area contributed by atoms with E-state index in [9.17, 15) is 18.0 Å². The smallest absolute Gasteiger partial charge is 0.406 e. The first-order valence-corrected chi connectivity index (χ1v) is 10.9. The minimum Gasteiger partial charge on any atom is -0.406 e. The van der Waals surface area contributed by atoms with Crippen molar-refractivity contribution in [3.63, 3.8) is 0 Å². The third-order valence-electron chi connectivity index (χ3n) is 5.07. The van der Waals surface area contributed by atoms with Crippen LogP contribution in [0.1, 0.15) is 11.3 Å². The summed E-state index contributed by atoms with van der Waals surface area (Å²) >= 11 is 6.65. The van der Waals surface area contributed by atoms with Gasteiger partial charge >= 0.3 is 12.4 Å². The van der Waals surface area contributed by atoms with Gasteiger partial charge in [0.05, 0.1) is 17.9 Å². The molecular weight excluding hydrogens is 481 g/mol. The van der Waals surface area contributed by atoms with E-state index in [2.05, 4.69) is 15.2 Å². The van der Waals surface area contributed by atoms with Crippen LogP contribution in [0.5, 0.6) is 5.75 Å². The zero-order chi connectivity index (χ0) is 25.0. The maximum absolute atomic E-state index is 13.3. The summed E-state index contributed by atoms with van der Waals surface area (Å²) in [6, 6.07) is 22.5. The molecule has 0 fully saturated rings. The number of carbonyl (C=O) groups excluding carboxylic acids is 1. The normalized spacial score (nSPS) is 11.2. The quantitative estimate of drug-likeness (QED) is 0.311. The van der Waals surface area contributed by atoms with Gasteiger partial charge in [-0.1, -0.05) is 54.1 Å². The number of aryl methyl sites for hydroxylation is 1. The first-order chi connectivity index (χ1) is 16.7. The largest absolute Gasteiger partial charge is 0.573 e. The fraction of sp³-hybridized carbons (Fsp3) is 0.120. The summed E-state index contributed by atoms with van der Waals surface area (Å²) in [5.41, 5.74) is 2.55. The van der Waals surface area contributed by atoms with Gasteiger partial charge in [-0.2, -0.15) is 5.10 Å². The van der Waals surface area contributed by atoms with Crippen molar-refractivity contribution < 1.29 is 22.7 Å². The molecule has 0 unspecified atom stereocenters. The lowest BCUT2D eigenvalue weighted by atomic mass is 10.2. The van der Waals surface area contributed by atoms with E-state index in [-0.39, 0.29) is 17.4 Å². The van der Waals surface area contributed by atoms with Gasteiger partial charge in [-0.3, -0.25) is 4.90 Å². The number of nitrogens with one attached hydrogen (secondary N) is 1. The molecule has 0 saturated carbocycles. The Morgan fingerprint density at radius 1 is 1.03 bits per heavy atom. The minimum absolute atomic E-state index is 0.0500. The fourth-order valence-electron chi connectivity index (χ4n) is 3.45. The Morgan fingerprint density at radius 2 is 1.69 bits per heavy atom. The second kappa shape index (κ2) is 10.1. The first-order valence-electron chi connectivity index (χ1n) is 10.5. The molecule has 2 amide bonds. The average Bonchev–Trinajstić information content (AvgIpc) is 3.10. The molecular formula is C25H20ClF3N4O2. The summed E-state index contributed by atoms with van der Waals surface area (Å²) in [5.74, 6) is -0.449. The predicted molar refractivity (Wildman–Crippen MR) is 128 cm³/mol. The number of urea groups is 1. The Labute approximate surface area is 204 Å². The Hall–Kier alpha value is -3.98. The van der Waals surface area contributed by atoms with Crippen LogP contribution < -0.4 is 15.0 Å². The molecule has 1 heterocycles. The standard InChI is InChI=1S/C25H20ClF3N4O2/c1-17-22(23(26)33(31-17)19-11-6-3-7-12-19)16-32(24(34)30-18-9-4-2-5-10-18)20-13-8-14-21(15-20)35-25(27,28)29/h2-15H,16H2,1H3,(H,30,34). The number of anilines is 2. The topological polar surface area (TPSA) is 59.4 Å². The number of carbonyl (C=O) groups is 1. The molecule has 0 saturated heterocycles. The van der Waals surface area contributed by atoms with E-state index < -0.39 is 18.1 Å². The molecule has 6 nitrogen and oxygen atoms in total. The van der Waals surface area contributed by atoms with Crippen LogP contribution in [-0.2, 0) is 6.54 Å². The molecule has 3 aromatic carbocycles. The number of benzene rings is 3. The van der Waals surface area contributed by atoms with Crippen molar-refractivity contribution in [3.05, 3.63) is 101 Å². The van der Waals surface area contributed by atoms with Crippen molar-refractivity contribution in [3.8, 4) is 11.4 Å². The van der Waals surface area contributed by atoms with Crippen LogP contribution in [0.15, 0.2) is 84.9 Å². The minimum atomic E-state index is -4.87. The summed E-state index contributed by atoms with van der Waals surface area (Å²) in [4.78, 5) is 14.6. The zero-order valence-electron chi connectivity index (χ0n) is 18.5. The zero-order valence-corrected chi connectivity index (χ0v) is 19.2. The molecule has 1 aromatic heterocycles. The van der Waals surface area contributed by atoms with Gasteiger partial charge in [0.2, 0.25) is 0 Å². The Balaban J connectivity index is 1.71. The van der Waals surface area contributed by atoms with E-state index in [4.69, 9.17) is 11.6 Å². The van der Waals surface area contributed by atoms with Crippen molar-refractivity contribution in [1.82, 2.24) is 9.78 Å². The van der Waals surface area contributed by atoms with Gasteiger partial charge in [0, 0.05) is 23.0 Å². The molecule has 35 heavy (non-hydrogen) atoms. The molecule has 0 aliphatic carbocycles. The molecule has 10 heteroatoms. The van der Waals surface area contributed by atoms with E-state index in [1.165, 1.54) is 17.0 Å².